The lowest BCUT2D eigenvalue weighted by Crippen LogP contribution is -2.27. The number of anilines is 1. The molecular formula is C14H19N3O. The Balaban J connectivity index is 2.03. The largest absolute Gasteiger partial charge is 0.501 e. The van der Waals surface area contributed by atoms with Crippen LogP contribution in [0.3, 0.4) is 0 Å². The number of ether oxygens (including phenoxy) is 1. The molecule has 1 saturated carbocycles. The van der Waals surface area contributed by atoms with Gasteiger partial charge >= 0.3 is 0 Å². The van der Waals surface area contributed by atoms with Gasteiger partial charge in [0.25, 0.3) is 0 Å². The average molecular weight is 245 g/mol. The van der Waals surface area contributed by atoms with E-state index in [9.17, 15) is 0 Å². The van der Waals surface area contributed by atoms with Crippen LogP contribution in [0.4, 0.5) is 11.4 Å². The molecule has 2 rings (SSSR count). The van der Waals surface area contributed by atoms with E-state index >= 15 is 0 Å². The summed E-state index contributed by atoms with van der Waals surface area (Å²) in [5.74, 6) is 1.24. The molecule has 1 aliphatic rings. The summed E-state index contributed by atoms with van der Waals surface area (Å²) in [7, 11) is 0. The highest BCUT2D eigenvalue weighted by Gasteiger charge is 2.22. The highest BCUT2D eigenvalue weighted by atomic mass is 16.5. The van der Waals surface area contributed by atoms with Crippen molar-refractivity contribution in [1.29, 1.82) is 0 Å². The van der Waals surface area contributed by atoms with Crippen LogP contribution < -0.4 is 16.2 Å². The molecule has 1 aliphatic carbocycles. The highest BCUT2D eigenvalue weighted by molar-refractivity contribution is 5.74. The van der Waals surface area contributed by atoms with Gasteiger partial charge in [-0.25, -0.2) is 4.85 Å². The van der Waals surface area contributed by atoms with E-state index in [0.29, 0.717) is 23.0 Å². The molecule has 0 aromatic heterocycles. The third-order valence-electron chi connectivity index (χ3n) is 3.56. The summed E-state index contributed by atoms with van der Waals surface area (Å²) in [6.45, 7) is 7.92. The van der Waals surface area contributed by atoms with Crippen molar-refractivity contribution in [3.05, 3.63) is 29.6 Å². The Labute approximate surface area is 108 Å². The molecule has 4 N–H and O–H groups in total. The summed E-state index contributed by atoms with van der Waals surface area (Å²) in [5, 5.41) is 0. The van der Waals surface area contributed by atoms with Crippen molar-refractivity contribution in [3.8, 4) is 5.75 Å². The Morgan fingerprint density at radius 2 is 2.00 bits per heavy atom. The summed E-state index contributed by atoms with van der Waals surface area (Å²) < 4.78 is 5.92. The quantitative estimate of drug-likeness (QED) is 0.635. The molecule has 0 saturated heterocycles. The standard InChI is InChI=1S/C14H19N3O/c1-17-14-12(16)3-2-4-13(14)18-11-7-5-10(9-15)6-8-11/h2-4,10-11H,5-9,15-16H2. The van der Waals surface area contributed by atoms with Crippen molar-refractivity contribution < 1.29 is 4.74 Å². The Bertz CT molecular complexity index is 445. The van der Waals surface area contributed by atoms with E-state index in [2.05, 4.69) is 4.85 Å². The lowest BCUT2D eigenvalue weighted by atomic mass is 9.87. The third kappa shape index (κ3) is 2.74. The monoisotopic (exact) mass is 245 g/mol. The first-order valence-electron chi connectivity index (χ1n) is 6.37. The van der Waals surface area contributed by atoms with Gasteiger partial charge in [0.1, 0.15) is 5.75 Å². The van der Waals surface area contributed by atoms with E-state index in [1.807, 2.05) is 12.1 Å². The first-order chi connectivity index (χ1) is 8.74. The molecule has 1 aromatic carbocycles. The smallest absolute Gasteiger partial charge is 0.250 e. The molecule has 1 aromatic rings. The number of nitrogens with two attached hydrogens (primary N) is 2. The van der Waals surface area contributed by atoms with Crippen LogP contribution in [0.5, 0.6) is 5.75 Å². The Morgan fingerprint density at radius 3 is 2.61 bits per heavy atom. The fourth-order valence-electron chi connectivity index (χ4n) is 2.42. The lowest BCUT2D eigenvalue weighted by molar-refractivity contribution is 0.134. The van der Waals surface area contributed by atoms with Crippen molar-refractivity contribution >= 4 is 11.4 Å². The number of hydrogen-bond acceptors (Lipinski definition) is 3. The van der Waals surface area contributed by atoms with E-state index in [-0.39, 0.29) is 6.10 Å². The van der Waals surface area contributed by atoms with Gasteiger partial charge in [0.2, 0.25) is 5.69 Å². The van der Waals surface area contributed by atoms with Crippen molar-refractivity contribution in [1.82, 2.24) is 0 Å². The summed E-state index contributed by atoms with van der Waals surface area (Å²) in [5.41, 5.74) is 12.4. The van der Waals surface area contributed by atoms with Gasteiger partial charge in [-0.15, -0.1) is 0 Å². The maximum atomic E-state index is 7.15. The van der Waals surface area contributed by atoms with Gasteiger partial charge in [0, 0.05) is 5.69 Å². The fourth-order valence-corrected chi connectivity index (χ4v) is 2.42. The second kappa shape index (κ2) is 5.74. The number of nitrogen functional groups attached to an aromatic ring is 1. The second-order valence-electron chi connectivity index (χ2n) is 4.80. The first kappa shape index (κ1) is 12.7. The Hall–Kier alpha value is -1.73. The SMILES string of the molecule is [C-]#[N+]c1c(N)cccc1OC1CCC(CN)CC1. The van der Waals surface area contributed by atoms with Crippen molar-refractivity contribution in [3.63, 3.8) is 0 Å². The van der Waals surface area contributed by atoms with Crippen LogP contribution in [0.25, 0.3) is 4.85 Å². The fraction of sp³-hybridized carbons (Fsp3) is 0.500. The van der Waals surface area contributed by atoms with Gasteiger partial charge in [0.15, 0.2) is 0 Å². The van der Waals surface area contributed by atoms with Crippen LogP contribution in [0, 0.1) is 12.5 Å². The predicted molar refractivity (Wildman–Crippen MR) is 72.5 cm³/mol. The van der Waals surface area contributed by atoms with Crippen molar-refractivity contribution in [2.75, 3.05) is 12.3 Å². The number of hydrogen-bond donors (Lipinski definition) is 2. The zero-order valence-electron chi connectivity index (χ0n) is 10.4. The van der Waals surface area contributed by atoms with Crippen molar-refractivity contribution in [2.45, 2.75) is 31.8 Å². The van der Waals surface area contributed by atoms with E-state index < -0.39 is 0 Å². The molecule has 18 heavy (non-hydrogen) atoms. The molecule has 0 heterocycles. The lowest BCUT2D eigenvalue weighted by Gasteiger charge is -2.28. The van der Waals surface area contributed by atoms with Gasteiger partial charge in [-0.3, -0.25) is 0 Å². The zero-order chi connectivity index (χ0) is 13.0. The predicted octanol–water partition coefficient (Wildman–Crippen LogP) is 2.72. The number of para-hydroxylation sites is 1. The van der Waals surface area contributed by atoms with Gasteiger partial charge in [-0.1, -0.05) is 6.07 Å². The van der Waals surface area contributed by atoms with Crippen LogP contribution in [0.15, 0.2) is 18.2 Å². The first-order valence-corrected chi connectivity index (χ1v) is 6.37. The second-order valence-corrected chi connectivity index (χ2v) is 4.80. The molecule has 0 radical (unpaired) electrons. The molecule has 0 aliphatic heterocycles. The number of benzene rings is 1. The van der Waals surface area contributed by atoms with Gasteiger partial charge in [0.05, 0.1) is 12.7 Å². The normalized spacial score (nSPS) is 23.3. The summed E-state index contributed by atoms with van der Waals surface area (Å²) >= 11 is 0. The zero-order valence-corrected chi connectivity index (χ0v) is 10.4. The molecule has 1 fully saturated rings. The van der Waals surface area contributed by atoms with E-state index in [0.717, 1.165) is 32.2 Å². The van der Waals surface area contributed by atoms with Crippen LogP contribution in [0.1, 0.15) is 25.7 Å². The topological polar surface area (TPSA) is 65.6 Å². The Kier molecular flexibility index (Phi) is 4.06. The minimum absolute atomic E-state index is 0.190. The van der Waals surface area contributed by atoms with E-state index in [4.69, 9.17) is 22.8 Å². The molecule has 0 unspecified atom stereocenters. The molecular weight excluding hydrogens is 226 g/mol. The third-order valence-corrected chi connectivity index (χ3v) is 3.56. The van der Waals surface area contributed by atoms with Gasteiger partial charge in [-0.2, -0.15) is 0 Å². The van der Waals surface area contributed by atoms with Crippen LogP contribution >= 0.6 is 0 Å². The van der Waals surface area contributed by atoms with Crippen LogP contribution in [-0.4, -0.2) is 12.6 Å². The molecule has 4 heteroatoms. The number of nitrogens with zero attached hydrogens (tertiary/aromatic N) is 1. The summed E-state index contributed by atoms with van der Waals surface area (Å²) in [4.78, 5) is 3.45. The molecule has 0 bridgehead atoms. The average Bonchev–Trinajstić information content (AvgIpc) is 2.40. The minimum atomic E-state index is 0.190. The van der Waals surface area contributed by atoms with E-state index in [1.54, 1.807) is 6.07 Å². The van der Waals surface area contributed by atoms with Gasteiger partial charge in [-0.05, 0) is 50.3 Å². The maximum Gasteiger partial charge on any atom is 0.250 e. The summed E-state index contributed by atoms with van der Waals surface area (Å²) in [6.07, 6.45) is 4.42. The Morgan fingerprint density at radius 1 is 1.28 bits per heavy atom. The van der Waals surface area contributed by atoms with Crippen LogP contribution in [-0.2, 0) is 0 Å². The summed E-state index contributed by atoms with van der Waals surface area (Å²) in [6, 6.07) is 5.37. The van der Waals surface area contributed by atoms with Crippen LogP contribution in [0.2, 0.25) is 0 Å². The van der Waals surface area contributed by atoms with E-state index in [1.165, 1.54) is 0 Å². The van der Waals surface area contributed by atoms with Crippen molar-refractivity contribution in [2.24, 2.45) is 11.7 Å². The maximum absolute atomic E-state index is 7.15. The highest BCUT2D eigenvalue weighted by Crippen LogP contribution is 2.36. The molecule has 0 amide bonds. The molecule has 0 spiro atoms. The van der Waals surface area contributed by atoms with Gasteiger partial charge < -0.3 is 16.2 Å². The minimum Gasteiger partial charge on any atom is -0.501 e. The molecule has 0 atom stereocenters. The molecule has 96 valence electrons. The molecule has 4 nitrogen and oxygen atoms in total. The number of rotatable bonds is 3.